The molecule has 0 N–H and O–H groups in total. The molecule has 0 saturated carbocycles. The quantitative estimate of drug-likeness (QED) is 0.732. The first-order valence-electron chi connectivity index (χ1n) is 4.62. The molecule has 2 rings (SSSR count). The summed E-state index contributed by atoms with van der Waals surface area (Å²) in [6, 6.07) is 11.9. The fraction of sp³-hybridized carbons (Fsp3) is 0.167. The van der Waals surface area contributed by atoms with Crippen molar-refractivity contribution in [2.45, 2.75) is 5.38 Å². The van der Waals surface area contributed by atoms with Crippen LogP contribution >= 0.6 is 22.9 Å². The molecule has 0 bridgehead atoms. The second kappa shape index (κ2) is 4.69. The van der Waals surface area contributed by atoms with E-state index in [2.05, 4.69) is 0 Å². The van der Waals surface area contributed by atoms with Gasteiger partial charge in [0.25, 0.3) is 0 Å². The lowest BCUT2D eigenvalue weighted by Gasteiger charge is -2.08. The van der Waals surface area contributed by atoms with E-state index in [9.17, 15) is 0 Å². The smallest absolute Gasteiger partial charge is 0.118 e. The molecular weight excluding hydrogens is 228 g/mol. The molecule has 1 atom stereocenters. The number of thiophene rings is 1. The third kappa shape index (κ3) is 2.33. The van der Waals surface area contributed by atoms with Crippen LogP contribution in [0.15, 0.2) is 41.8 Å². The van der Waals surface area contributed by atoms with Crippen molar-refractivity contribution in [1.29, 1.82) is 0 Å². The summed E-state index contributed by atoms with van der Waals surface area (Å²) < 4.78 is 5.10. The summed E-state index contributed by atoms with van der Waals surface area (Å²) in [5.41, 5.74) is 1.10. The van der Waals surface area contributed by atoms with Crippen molar-refractivity contribution in [3.8, 4) is 5.75 Å². The number of halogens is 1. The molecule has 15 heavy (non-hydrogen) atoms. The largest absolute Gasteiger partial charge is 0.497 e. The normalized spacial score (nSPS) is 12.4. The fourth-order valence-electron chi connectivity index (χ4n) is 1.37. The van der Waals surface area contributed by atoms with Crippen molar-refractivity contribution in [2.24, 2.45) is 0 Å². The van der Waals surface area contributed by atoms with Crippen molar-refractivity contribution in [3.05, 3.63) is 52.2 Å². The van der Waals surface area contributed by atoms with E-state index in [0.717, 1.165) is 11.3 Å². The summed E-state index contributed by atoms with van der Waals surface area (Å²) in [7, 11) is 1.66. The Hall–Kier alpha value is -0.990. The van der Waals surface area contributed by atoms with E-state index < -0.39 is 0 Å². The van der Waals surface area contributed by atoms with Gasteiger partial charge in [-0.25, -0.2) is 0 Å². The van der Waals surface area contributed by atoms with Gasteiger partial charge in [-0.15, -0.1) is 22.9 Å². The Kier molecular flexibility index (Phi) is 3.29. The molecule has 1 aromatic carbocycles. The summed E-state index contributed by atoms with van der Waals surface area (Å²) in [6.45, 7) is 0. The van der Waals surface area contributed by atoms with E-state index >= 15 is 0 Å². The van der Waals surface area contributed by atoms with Gasteiger partial charge in [0.15, 0.2) is 0 Å². The lowest BCUT2D eigenvalue weighted by Crippen LogP contribution is -1.90. The first kappa shape index (κ1) is 10.5. The van der Waals surface area contributed by atoms with Gasteiger partial charge in [0.05, 0.1) is 12.5 Å². The molecule has 0 radical (unpaired) electrons. The molecule has 78 valence electrons. The van der Waals surface area contributed by atoms with Crippen molar-refractivity contribution in [1.82, 2.24) is 0 Å². The third-order valence-corrected chi connectivity index (χ3v) is 3.76. The first-order valence-corrected chi connectivity index (χ1v) is 5.94. The van der Waals surface area contributed by atoms with Gasteiger partial charge in [0, 0.05) is 4.88 Å². The molecule has 0 aliphatic carbocycles. The highest BCUT2D eigenvalue weighted by Gasteiger charge is 2.11. The highest BCUT2D eigenvalue weighted by atomic mass is 35.5. The Morgan fingerprint density at radius 1 is 1.20 bits per heavy atom. The van der Waals surface area contributed by atoms with Crippen LogP contribution < -0.4 is 4.74 Å². The van der Waals surface area contributed by atoms with Crippen LogP contribution in [0.4, 0.5) is 0 Å². The summed E-state index contributed by atoms with van der Waals surface area (Å²) in [5.74, 6) is 0.855. The Morgan fingerprint density at radius 3 is 2.47 bits per heavy atom. The maximum absolute atomic E-state index is 6.34. The van der Waals surface area contributed by atoms with E-state index in [1.54, 1.807) is 18.4 Å². The number of hydrogen-bond acceptors (Lipinski definition) is 2. The number of ether oxygens (including phenoxy) is 1. The second-order valence-electron chi connectivity index (χ2n) is 3.15. The van der Waals surface area contributed by atoms with E-state index in [1.165, 1.54) is 4.88 Å². The Labute approximate surface area is 98.3 Å². The van der Waals surface area contributed by atoms with Gasteiger partial charge < -0.3 is 4.74 Å². The summed E-state index contributed by atoms with van der Waals surface area (Å²) in [4.78, 5) is 1.17. The highest BCUT2D eigenvalue weighted by molar-refractivity contribution is 7.10. The number of methoxy groups -OCH3 is 1. The van der Waals surface area contributed by atoms with Gasteiger partial charge in [-0.05, 0) is 29.1 Å². The lowest BCUT2D eigenvalue weighted by atomic mass is 10.1. The molecule has 0 aliphatic heterocycles. The Morgan fingerprint density at radius 2 is 1.93 bits per heavy atom. The first-order chi connectivity index (χ1) is 7.31. The van der Waals surface area contributed by atoms with Crippen LogP contribution in [0.5, 0.6) is 5.75 Å². The van der Waals surface area contributed by atoms with E-state index in [0.29, 0.717) is 0 Å². The van der Waals surface area contributed by atoms with Gasteiger partial charge in [-0.2, -0.15) is 0 Å². The summed E-state index contributed by atoms with van der Waals surface area (Å²) in [6.07, 6.45) is 0. The van der Waals surface area contributed by atoms with Crippen LogP contribution in [-0.4, -0.2) is 7.11 Å². The zero-order chi connectivity index (χ0) is 10.7. The molecule has 0 fully saturated rings. The van der Waals surface area contributed by atoms with Gasteiger partial charge in [-0.1, -0.05) is 18.2 Å². The van der Waals surface area contributed by atoms with Gasteiger partial charge in [0.1, 0.15) is 5.75 Å². The molecule has 3 heteroatoms. The van der Waals surface area contributed by atoms with Crippen LogP contribution in [0.25, 0.3) is 0 Å². The molecule has 0 saturated heterocycles. The minimum absolute atomic E-state index is 0.0593. The van der Waals surface area contributed by atoms with Crippen LogP contribution in [0.3, 0.4) is 0 Å². The van der Waals surface area contributed by atoms with Crippen LogP contribution in [0, 0.1) is 0 Å². The van der Waals surface area contributed by atoms with E-state index in [1.807, 2.05) is 41.8 Å². The standard InChI is InChI=1S/C12H11ClOS/c1-14-10-6-4-9(5-7-10)12(13)11-3-2-8-15-11/h2-8,12H,1H3. The van der Waals surface area contributed by atoms with Crippen molar-refractivity contribution in [2.75, 3.05) is 7.11 Å². The van der Waals surface area contributed by atoms with Crippen molar-refractivity contribution < 1.29 is 4.74 Å². The predicted molar refractivity (Wildman–Crippen MR) is 65.0 cm³/mol. The molecule has 0 aliphatic rings. The van der Waals surface area contributed by atoms with Crippen molar-refractivity contribution in [3.63, 3.8) is 0 Å². The van der Waals surface area contributed by atoms with Gasteiger partial charge >= 0.3 is 0 Å². The molecule has 1 nitrogen and oxygen atoms in total. The fourth-order valence-corrected chi connectivity index (χ4v) is 2.47. The zero-order valence-electron chi connectivity index (χ0n) is 8.31. The SMILES string of the molecule is COc1ccc(C(Cl)c2cccs2)cc1. The lowest BCUT2D eigenvalue weighted by molar-refractivity contribution is 0.414. The minimum atomic E-state index is -0.0593. The number of hydrogen-bond donors (Lipinski definition) is 0. The summed E-state index contributed by atoms with van der Waals surface area (Å²) >= 11 is 8.01. The van der Waals surface area contributed by atoms with Crippen LogP contribution in [-0.2, 0) is 0 Å². The topological polar surface area (TPSA) is 9.23 Å². The zero-order valence-corrected chi connectivity index (χ0v) is 9.89. The predicted octanol–water partition coefficient (Wildman–Crippen LogP) is 4.08. The molecule has 0 amide bonds. The molecule has 1 heterocycles. The highest BCUT2D eigenvalue weighted by Crippen LogP contribution is 2.32. The molecular formula is C12H11ClOS. The molecule has 1 aromatic heterocycles. The molecule has 0 spiro atoms. The number of alkyl halides is 1. The van der Waals surface area contributed by atoms with Crippen LogP contribution in [0.2, 0.25) is 0 Å². The number of benzene rings is 1. The monoisotopic (exact) mass is 238 g/mol. The number of rotatable bonds is 3. The molecule has 1 unspecified atom stereocenters. The second-order valence-corrected chi connectivity index (χ2v) is 4.57. The van der Waals surface area contributed by atoms with Gasteiger partial charge in [-0.3, -0.25) is 0 Å². The average molecular weight is 239 g/mol. The van der Waals surface area contributed by atoms with E-state index in [-0.39, 0.29) is 5.38 Å². The minimum Gasteiger partial charge on any atom is -0.497 e. The maximum atomic E-state index is 6.34. The average Bonchev–Trinajstić information content (AvgIpc) is 2.82. The Balaban J connectivity index is 2.22. The summed E-state index contributed by atoms with van der Waals surface area (Å²) in [5, 5.41) is 1.98. The Bertz CT molecular complexity index is 408. The van der Waals surface area contributed by atoms with Gasteiger partial charge in [0.2, 0.25) is 0 Å². The van der Waals surface area contributed by atoms with Crippen molar-refractivity contribution >= 4 is 22.9 Å². The third-order valence-electron chi connectivity index (χ3n) is 2.20. The maximum Gasteiger partial charge on any atom is 0.118 e. The van der Waals surface area contributed by atoms with E-state index in [4.69, 9.17) is 16.3 Å². The van der Waals surface area contributed by atoms with Crippen LogP contribution in [0.1, 0.15) is 15.8 Å². The molecule has 2 aromatic rings.